The van der Waals surface area contributed by atoms with Crippen LogP contribution in [0.3, 0.4) is 0 Å². The first-order chi connectivity index (χ1) is 18.2. The summed E-state index contributed by atoms with van der Waals surface area (Å²) >= 11 is 0. The van der Waals surface area contributed by atoms with Crippen LogP contribution in [-0.2, 0) is 14.2 Å². The third kappa shape index (κ3) is 15.8. The minimum absolute atomic E-state index is 0. The number of hydrogen-bond acceptors (Lipinski definition) is 7. The standard InChI is InChI=1S/C10H20FNO.2C10H21NO.CH4O.CH4/c1-7(2)13-8(3)10-9(11)5-6-12(10)4;2*1-8(2)12-9(3)10-6-5-7-11(10)4;1-2;/h7-10H,5-6H2,1-4H3;2*8-10H,5-7H2,1-4H3;2H,1H3;1H4/t8-,9?,10?;2*9-,10?;;/m000../s1. The third-order valence-electron chi connectivity index (χ3n) is 7.82. The van der Waals surface area contributed by atoms with E-state index in [2.05, 4.69) is 70.3 Å². The van der Waals surface area contributed by atoms with Crippen LogP contribution in [0.1, 0.15) is 102 Å². The molecule has 244 valence electrons. The van der Waals surface area contributed by atoms with E-state index in [1.807, 2.05) is 27.8 Å². The first-order valence-electron chi connectivity index (χ1n) is 15.4. The van der Waals surface area contributed by atoms with Crippen molar-refractivity contribution in [2.45, 2.75) is 163 Å². The Balaban J connectivity index is 0. The first-order valence-corrected chi connectivity index (χ1v) is 15.4. The fraction of sp³-hybridized carbons (Fsp3) is 1.00. The van der Waals surface area contributed by atoms with Crippen molar-refractivity contribution in [2.75, 3.05) is 47.9 Å². The first kappa shape index (κ1) is 41.8. The van der Waals surface area contributed by atoms with Crippen molar-refractivity contribution in [3.05, 3.63) is 0 Å². The summed E-state index contributed by atoms with van der Waals surface area (Å²) < 4.78 is 30.5. The normalized spacial score (nSPS) is 27.8. The number of ether oxygens (including phenoxy) is 3. The summed E-state index contributed by atoms with van der Waals surface area (Å²) in [7, 11) is 7.35. The molecule has 3 aliphatic heterocycles. The quantitative estimate of drug-likeness (QED) is 0.366. The van der Waals surface area contributed by atoms with E-state index in [0.29, 0.717) is 42.9 Å². The molecule has 40 heavy (non-hydrogen) atoms. The number of aliphatic hydroxyl groups is 1. The predicted molar refractivity (Wildman–Crippen MR) is 169 cm³/mol. The van der Waals surface area contributed by atoms with Gasteiger partial charge in [-0.3, -0.25) is 4.90 Å². The Morgan fingerprint density at radius 2 is 0.925 bits per heavy atom. The highest BCUT2D eigenvalue weighted by Gasteiger charge is 2.36. The van der Waals surface area contributed by atoms with Crippen molar-refractivity contribution in [3.63, 3.8) is 0 Å². The van der Waals surface area contributed by atoms with Gasteiger partial charge in [-0.05, 0) is 129 Å². The fourth-order valence-corrected chi connectivity index (χ4v) is 6.18. The fourth-order valence-electron chi connectivity index (χ4n) is 6.18. The second-order valence-corrected chi connectivity index (χ2v) is 12.3. The van der Waals surface area contributed by atoms with Crippen molar-refractivity contribution in [1.82, 2.24) is 14.7 Å². The van der Waals surface area contributed by atoms with E-state index in [0.717, 1.165) is 13.7 Å². The van der Waals surface area contributed by atoms with E-state index in [1.54, 1.807) is 0 Å². The molecule has 0 bridgehead atoms. The van der Waals surface area contributed by atoms with Crippen LogP contribution in [-0.4, -0.2) is 129 Å². The Kier molecular flexibility index (Phi) is 23.2. The average molecular weight is 580 g/mol. The number of likely N-dealkylation sites (tertiary alicyclic amines) is 3. The molecule has 8 heteroatoms. The van der Waals surface area contributed by atoms with Gasteiger partial charge in [0.05, 0.1) is 42.7 Å². The lowest BCUT2D eigenvalue weighted by Crippen LogP contribution is -2.42. The van der Waals surface area contributed by atoms with Crippen molar-refractivity contribution in [3.8, 4) is 0 Å². The predicted octanol–water partition coefficient (Wildman–Crippen LogP) is 5.87. The molecule has 3 heterocycles. The molecule has 4 unspecified atom stereocenters. The van der Waals surface area contributed by atoms with Gasteiger partial charge in [0.1, 0.15) is 6.17 Å². The van der Waals surface area contributed by atoms with E-state index in [1.165, 1.54) is 38.8 Å². The van der Waals surface area contributed by atoms with E-state index >= 15 is 0 Å². The smallest absolute Gasteiger partial charge is 0.119 e. The Bertz CT molecular complexity index is 557. The van der Waals surface area contributed by atoms with Crippen LogP contribution < -0.4 is 0 Å². The SMILES string of the molecule is C.CC(C)O[C@@H](C)C1C(F)CCN1C.CC(C)O[C@@H](C)C1CCCN1C.CC(C)O[C@@H](C)C1CCCN1C.CO. The van der Waals surface area contributed by atoms with Gasteiger partial charge in [-0.25, -0.2) is 4.39 Å². The Hall–Kier alpha value is -0.350. The van der Waals surface area contributed by atoms with Crippen molar-refractivity contribution < 1.29 is 23.7 Å². The highest BCUT2D eigenvalue weighted by atomic mass is 19.1. The van der Waals surface area contributed by atoms with E-state index in [4.69, 9.17) is 19.3 Å². The van der Waals surface area contributed by atoms with Crippen molar-refractivity contribution in [2.24, 2.45) is 0 Å². The van der Waals surface area contributed by atoms with Gasteiger partial charge >= 0.3 is 0 Å². The maximum Gasteiger partial charge on any atom is 0.119 e. The second kappa shape index (κ2) is 22.2. The number of likely N-dealkylation sites (N-methyl/N-ethyl adjacent to an activating group) is 3. The van der Waals surface area contributed by atoms with Gasteiger partial charge in [-0.1, -0.05) is 7.43 Å². The lowest BCUT2D eigenvalue weighted by atomic mass is 10.1. The Morgan fingerprint density at radius 3 is 1.18 bits per heavy atom. The van der Waals surface area contributed by atoms with Crippen molar-refractivity contribution in [1.29, 1.82) is 0 Å². The van der Waals surface area contributed by atoms with E-state index < -0.39 is 6.17 Å². The number of hydrogen-bond donors (Lipinski definition) is 1. The largest absolute Gasteiger partial charge is 0.400 e. The van der Waals surface area contributed by atoms with Crippen LogP contribution in [0.25, 0.3) is 0 Å². The summed E-state index contributed by atoms with van der Waals surface area (Å²) in [6.45, 7) is 22.0. The summed E-state index contributed by atoms with van der Waals surface area (Å²) in [4.78, 5) is 6.87. The van der Waals surface area contributed by atoms with Gasteiger partial charge in [-0.2, -0.15) is 0 Å². The van der Waals surface area contributed by atoms with Crippen molar-refractivity contribution >= 4 is 0 Å². The summed E-state index contributed by atoms with van der Waals surface area (Å²) in [5.41, 5.74) is 0. The molecule has 7 nitrogen and oxygen atoms in total. The van der Waals surface area contributed by atoms with Gasteiger partial charge in [0.15, 0.2) is 0 Å². The van der Waals surface area contributed by atoms with Gasteiger partial charge in [0.2, 0.25) is 0 Å². The highest BCUT2D eigenvalue weighted by molar-refractivity contribution is 4.89. The average Bonchev–Trinajstić information content (AvgIpc) is 3.54. The minimum atomic E-state index is -0.723. The van der Waals surface area contributed by atoms with Crippen LogP contribution >= 0.6 is 0 Å². The molecule has 3 saturated heterocycles. The molecule has 0 saturated carbocycles. The van der Waals surface area contributed by atoms with Crippen LogP contribution in [0.5, 0.6) is 0 Å². The zero-order chi connectivity index (χ0) is 30.3. The molecular formula is C32H70FN3O4. The number of halogens is 1. The molecule has 3 rings (SSSR count). The monoisotopic (exact) mass is 580 g/mol. The molecule has 0 aromatic heterocycles. The Morgan fingerprint density at radius 1 is 0.575 bits per heavy atom. The molecule has 0 aromatic rings. The highest BCUT2D eigenvalue weighted by Crippen LogP contribution is 2.24. The molecular weight excluding hydrogens is 509 g/mol. The van der Waals surface area contributed by atoms with Crippen LogP contribution in [0.4, 0.5) is 4.39 Å². The van der Waals surface area contributed by atoms with Crippen LogP contribution in [0, 0.1) is 0 Å². The number of alkyl halides is 1. The Labute approximate surface area is 249 Å². The topological polar surface area (TPSA) is 57.6 Å². The maximum absolute atomic E-state index is 13.4. The van der Waals surface area contributed by atoms with Gasteiger partial charge in [-0.15, -0.1) is 0 Å². The van der Waals surface area contributed by atoms with Gasteiger partial charge in [0.25, 0.3) is 0 Å². The molecule has 0 radical (unpaired) electrons. The number of nitrogens with zero attached hydrogens (tertiary/aromatic N) is 3. The molecule has 3 fully saturated rings. The summed E-state index contributed by atoms with van der Waals surface area (Å²) in [5, 5.41) is 7.00. The summed E-state index contributed by atoms with van der Waals surface area (Å²) in [6, 6.07) is 1.24. The molecule has 0 amide bonds. The number of rotatable bonds is 9. The summed E-state index contributed by atoms with van der Waals surface area (Å²) in [6.07, 6.45) is 6.82. The molecule has 0 aromatic carbocycles. The van der Waals surface area contributed by atoms with E-state index in [9.17, 15) is 4.39 Å². The zero-order valence-corrected chi connectivity index (χ0v) is 27.8. The lowest BCUT2D eigenvalue weighted by Gasteiger charge is -2.28. The van der Waals surface area contributed by atoms with Crippen LogP contribution in [0.2, 0.25) is 0 Å². The molecule has 7 atom stereocenters. The summed E-state index contributed by atoms with van der Waals surface area (Å²) in [5.74, 6) is 0. The molecule has 0 aliphatic carbocycles. The molecule has 3 aliphatic rings. The zero-order valence-electron chi connectivity index (χ0n) is 27.8. The number of aliphatic hydroxyl groups excluding tert-OH is 1. The second-order valence-electron chi connectivity index (χ2n) is 12.3. The third-order valence-corrected chi connectivity index (χ3v) is 7.82. The van der Waals surface area contributed by atoms with Gasteiger partial charge < -0.3 is 29.1 Å². The minimum Gasteiger partial charge on any atom is -0.400 e. The lowest BCUT2D eigenvalue weighted by molar-refractivity contribution is -0.0339. The maximum atomic E-state index is 13.4. The van der Waals surface area contributed by atoms with Gasteiger partial charge in [0, 0.05) is 25.7 Å². The molecule has 1 N–H and O–H groups in total. The molecule has 0 spiro atoms. The van der Waals surface area contributed by atoms with E-state index in [-0.39, 0.29) is 25.7 Å². The van der Waals surface area contributed by atoms with Crippen LogP contribution in [0.15, 0.2) is 0 Å².